The molecule has 11 heteroatoms. The number of rotatable bonds is 6. The number of benzene rings is 1. The maximum Gasteiger partial charge on any atom is 0.416 e. The molecule has 1 aromatic rings. The van der Waals surface area contributed by atoms with E-state index in [4.69, 9.17) is 4.74 Å². The number of urea groups is 1. The van der Waals surface area contributed by atoms with Crippen LogP contribution < -0.4 is 10.6 Å². The number of likely N-dealkylation sites (N-methyl/N-ethyl adjacent to an activating group) is 1. The first kappa shape index (κ1) is 25.0. The number of amides is 4. The average molecular weight is 495 g/mol. The highest BCUT2D eigenvalue weighted by molar-refractivity contribution is 6.03. The first-order valence-corrected chi connectivity index (χ1v) is 11.6. The van der Waals surface area contributed by atoms with Crippen LogP contribution in [-0.4, -0.2) is 66.5 Å². The summed E-state index contributed by atoms with van der Waals surface area (Å²) >= 11 is 0. The Morgan fingerprint density at radius 3 is 2.60 bits per heavy atom. The lowest BCUT2D eigenvalue weighted by molar-refractivity contribution is -0.139. The fraction of sp³-hybridized carbons (Fsp3) is 0.542. The molecule has 0 radical (unpaired) electrons. The van der Waals surface area contributed by atoms with Crippen LogP contribution in [0.1, 0.15) is 43.9 Å². The number of halogens is 3. The van der Waals surface area contributed by atoms with Gasteiger partial charge < -0.3 is 20.3 Å². The van der Waals surface area contributed by atoms with Gasteiger partial charge in [-0.2, -0.15) is 13.2 Å². The van der Waals surface area contributed by atoms with Crippen molar-refractivity contribution in [3.05, 3.63) is 46.7 Å². The molecule has 190 valence electrons. The van der Waals surface area contributed by atoms with Gasteiger partial charge in [0.05, 0.1) is 35.5 Å². The topological polar surface area (TPSA) is 91.0 Å². The van der Waals surface area contributed by atoms with Gasteiger partial charge in [-0.3, -0.25) is 14.5 Å². The predicted octanol–water partition coefficient (Wildman–Crippen LogP) is 2.82. The van der Waals surface area contributed by atoms with Crippen LogP contribution in [0.3, 0.4) is 0 Å². The van der Waals surface area contributed by atoms with Crippen LogP contribution in [0.5, 0.6) is 0 Å². The molecule has 2 N–H and O–H groups in total. The Morgan fingerprint density at radius 1 is 1.26 bits per heavy atom. The van der Waals surface area contributed by atoms with Crippen molar-refractivity contribution in [3.63, 3.8) is 0 Å². The molecule has 1 saturated heterocycles. The molecule has 0 aromatic heterocycles. The van der Waals surface area contributed by atoms with Gasteiger partial charge in [0.2, 0.25) is 5.91 Å². The maximum atomic E-state index is 13.7. The van der Waals surface area contributed by atoms with Gasteiger partial charge in [0.1, 0.15) is 6.04 Å². The number of alkyl halides is 3. The lowest BCUT2D eigenvalue weighted by Crippen LogP contribution is -2.52. The lowest BCUT2D eigenvalue weighted by atomic mass is 9.91. The number of ether oxygens (including phenoxy) is 1. The van der Waals surface area contributed by atoms with Crippen LogP contribution in [0.25, 0.3) is 0 Å². The molecule has 8 nitrogen and oxygen atoms in total. The number of carbonyl (C=O) groups is 3. The number of carbonyl (C=O) groups excluding carboxylic acids is 3. The Kier molecular flexibility index (Phi) is 6.81. The fourth-order valence-electron chi connectivity index (χ4n) is 4.98. The predicted molar refractivity (Wildman–Crippen MR) is 120 cm³/mol. The molecule has 3 atom stereocenters. The monoisotopic (exact) mass is 494 g/mol. The van der Waals surface area contributed by atoms with E-state index in [1.807, 2.05) is 0 Å². The van der Waals surface area contributed by atoms with E-state index in [-0.39, 0.29) is 35.6 Å². The summed E-state index contributed by atoms with van der Waals surface area (Å²) in [4.78, 5) is 42.0. The van der Waals surface area contributed by atoms with E-state index in [0.717, 1.165) is 18.9 Å². The summed E-state index contributed by atoms with van der Waals surface area (Å²) in [6.45, 7) is 4.50. The first-order valence-electron chi connectivity index (χ1n) is 11.6. The first-order chi connectivity index (χ1) is 16.5. The summed E-state index contributed by atoms with van der Waals surface area (Å²) in [5.74, 6) is -1.21. The van der Waals surface area contributed by atoms with Crippen molar-refractivity contribution in [2.75, 3.05) is 26.7 Å². The van der Waals surface area contributed by atoms with Crippen LogP contribution in [-0.2, 0) is 20.5 Å². The van der Waals surface area contributed by atoms with Gasteiger partial charge in [-0.1, -0.05) is 32.0 Å². The minimum absolute atomic E-state index is 0.0429. The Bertz CT molecular complexity index is 1050. The number of hydrogen-bond donors (Lipinski definition) is 2. The molecule has 1 fully saturated rings. The van der Waals surface area contributed by atoms with E-state index >= 15 is 0 Å². The van der Waals surface area contributed by atoms with Gasteiger partial charge in [0.15, 0.2) is 0 Å². The molecule has 3 heterocycles. The lowest BCUT2D eigenvalue weighted by Gasteiger charge is -2.32. The Morgan fingerprint density at radius 2 is 1.97 bits per heavy atom. The highest BCUT2D eigenvalue weighted by atomic mass is 19.4. The quantitative estimate of drug-likeness (QED) is 0.637. The molecule has 4 rings (SSSR count). The standard InChI is InChI=1S/C24H29F3N4O4/c1-13(2)20(21(32)28-11-14-7-6-10-35-14)31-12-17-18(22(31)33)19(29-23(34)30(17)3)15-8-4-5-9-16(15)24(25,26)27/h4-5,8-9,13-14,19-20H,6-7,10-12H2,1-3H3,(H,28,32)(H,29,34). The van der Waals surface area contributed by atoms with E-state index < -0.39 is 35.8 Å². The Balaban J connectivity index is 1.65. The number of nitrogens with one attached hydrogen (secondary N) is 2. The highest BCUT2D eigenvalue weighted by Gasteiger charge is 2.48. The summed E-state index contributed by atoms with van der Waals surface area (Å²) in [6.07, 6.45) is -2.99. The molecule has 1 aromatic carbocycles. The SMILES string of the molecule is CC(C)C(C(=O)NCC1CCCO1)N1CC2=C(C1=O)C(c1ccccc1C(F)(F)F)NC(=O)N2C. The van der Waals surface area contributed by atoms with Crippen LogP contribution in [0.2, 0.25) is 0 Å². The van der Waals surface area contributed by atoms with Crippen LogP contribution >= 0.6 is 0 Å². The third-order valence-electron chi connectivity index (χ3n) is 6.73. The van der Waals surface area contributed by atoms with Crippen LogP contribution in [0.4, 0.5) is 18.0 Å². The second-order valence-electron chi connectivity index (χ2n) is 9.39. The molecule has 0 bridgehead atoms. The normalized spacial score (nSPS) is 23.6. The van der Waals surface area contributed by atoms with E-state index in [2.05, 4.69) is 10.6 Å². The summed E-state index contributed by atoms with van der Waals surface area (Å²) < 4.78 is 46.8. The molecular formula is C24H29F3N4O4. The minimum atomic E-state index is -4.67. The third kappa shape index (κ3) is 4.73. The average Bonchev–Trinajstić information content (AvgIpc) is 3.43. The van der Waals surface area contributed by atoms with Gasteiger partial charge in [-0.15, -0.1) is 0 Å². The van der Waals surface area contributed by atoms with Crippen molar-refractivity contribution >= 4 is 17.8 Å². The molecule has 0 spiro atoms. The summed E-state index contributed by atoms with van der Waals surface area (Å²) in [6, 6.07) is 2.10. The minimum Gasteiger partial charge on any atom is -0.376 e. The zero-order valence-corrected chi connectivity index (χ0v) is 19.8. The van der Waals surface area contributed by atoms with Crippen molar-refractivity contribution < 1.29 is 32.3 Å². The second-order valence-corrected chi connectivity index (χ2v) is 9.39. The number of nitrogens with zero attached hydrogens (tertiary/aromatic N) is 2. The highest BCUT2D eigenvalue weighted by Crippen LogP contribution is 2.42. The zero-order chi connectivity index (χ0) is 25.5. The maximum absolute atomic E-state index is 13.7. The largest absolute Gasteiger partial charge is 0.416 e. The summed E-state index contributed by atoms with van der Waals surface area (Å²) in [5, 5.41) is 5.40. The second kappa shape index (κ2) is 9.52. The van der Waals surface area contributed by atoms with Crippen LogP contribution in [0, 0.1) is 5.92 Å². The van der Waals surface area contributed by atoms with E-state index in [9.17, 15) is 27.6 Å². The zero-order valence-electron chi connectivity index (χ0n) is 19.8. The smallest absolute Gasteiger partial charge is 0.376 e. The molecule has 0 saturated carbocycles. The third-order valence-corrected chi connectivity index (χ3v) is 6.73. The summed E-state index contributed by atoms with van der Waals surface area (Å²) in [5.41, 5.74) is -0.810. The summed E-state index contributed by atoms with van der Waals surface area (Å²) in [7, 11) is 1.45. The molecule has 3 aliphatic heterocycles. The van der Waals surface area contributed by atoms with Crippen molar-refractivity contribution in [1.29, 1.82) is 0 Å². The van der Waals surface area contributed by atoms with Gasteiger partial charge in [0, 0.05) is 20.2 Å². The Hall–Kier alpha value is -3.08. The van der Waals surface area contributed by atoms with Gasteiger partial charge in [-0.05, 0) is 30.4 Å². The molecular weight excluding hydrogens is 465 g/mol. The molecule has 0 aliphatic carbocycles. The molecule has 3 unspecified atom stereocenters. The van der Waals surface area contributed by atoms with Crippen molar-refractivity contribution in [3.8, 4) is 0 Å². The Labute approximate surface area is 201 Å². The van der Waals surface area contributed by atoms with E-state index in [1.165, 1.54) is 35.0 Å². The molecule has 35 heavy (non-hydrogen) atoms. The van der Waals surface area contributed by atoms with Crippen molar-refractivity contribution in [2.45, 2.75) is 51.1 Å². The fourth-order valence-corrected chi connectivity index (χ4v) is 4.98. The van der Waals surface area contributed by atoms with Gasteiger partial charge >= 0.3 is 12.2 Å². The van der Waals surface area contributed by atoms with Crippen LogP contribution in [0.15, 0.2) is 35.5 Å². The molecule has 3 aliphatic rings. The van der Waals surface area contributed by atoms with Gasteiger partial charge in [0.25, 0.3) is 5.91 Å². The van der Waals surface area contributed by atoms with E-state index in [1.54, 1.807) is 13.8 Å². The van der Waals surface area contributed by atoms with Crippen molar-refractivity contribution in [1.82, 2.24) is 20.4 Å². The van der Waals surface area contributed by atoms with E-state index in [0.29, 0.717) is 18.8 Å². The van der Waals surface area contributed by atoms with Crippen molar-refractivity contribution in [2.24, 2.45) is 5.92 Å². The number of hydrogen-bond acceptors (Lipinski definition) is 4. The van der Waals surface area contributed by atoms with Gasteiger partial charge in [-0.25, -0.2) is 4.79 Å². The molecule has 4 amide bonds.